The largest absolute Gasteiger partial charge is 0.330 e. The van der Waals surface area contributed by atoms with E-state index >= 15 is 0 Å². The second-order valence-electron chi connectivity index (χ2n) is 3.24. The van der Waals surface area contributed by atoms with Crippen LogP contribution in [0.25, 0.3) is 5.52 Å². The zero-order valence-electron chi connectivity index (χ0n) is 8.00. The molecule has 2 aromatic rings. The number of aryl methyl sites for hydroxylation is 1. The molecule has 0 atom stereocenters. The predicted molar refractivity (Wildman–Crippen MR) is 60.4 cm³/mol. The Morgan fingerprint density at radius 1 is 1.57 bits per heavy atom. The highest BCUT2D eigenvalue weighted by Crippen LogP contribution is 2.22. The summed E-state index contributed by atoms with van der Waals surface area (Å²) in [5.41, 5.74) is 7.94. The fourth-order valence-electron chi connectivity index (χ4n) is 1.66. The van der Waals surface area contributed by atoms with Crippen molar-refractivity contribution in [3.8, 4) is 0 Å². The molecule has 0 fully saturated rings. The molecule has 0 spiro atoms. The molecular weight excluding hydrogens is 242 g/mol. The quantitative estimate of drug-likeness (QED) is 0.889. The molecule has 0 aliphatic rings. The standard InChI is InChI=1S/C10H12BrN3/c1-7-13-10(11)9-8(4-5-12)3-2-6-14(7)9/h2-3,6H,4-5,12H2,1H3. The molecule has 4 heteroatoms. The molecule has 0 aliphatic heterocycles. The van der Waals surface area contributed by atoms with Crippen molar-refractivity contribution in [2.24, 2.45) is 5.73 Å². The summed E-state index contributed by atoms with van der Waals surface area (Å²) in [5, 5.41) is 0. The van der Waals surface area contributed by atoms with Crippen LogP contribution in [-0.4, -0.2) is 15.9 Å². The van der Waals surface area contributed by atoms with Crippen LogP contribution in [0.1, 0.15) is 11.4 Å². The predicted octanol–water partition coefficient (Wildman–Crippen LogP) is 1.91. The molecule has 14 heavy (non-hydrogen) atoms. The summed E-state index contributed by atoms with van der Waals surface area (Å²) >= 11 is 3.47. The first-order valence-corrected chi connectivity index (χ1v) is 5.35. The van der Waals surface area contributed by atoms with E-state index < -0.39 is 0 Å². The number of imidazole rings is 1. The Labute approximate surface area is 91.1 Å². The van der Waals surface area contributed by atoms with E-state index in [1.54, 1.807) is 0 Å². The molecule has 0 saturated heterocycles. The van der Waals surface area contributed by atoms with E-state index in [-0.39, 0.29) is 0 Å². The van der Waals surface area contributed by atoms with Crippen LogP contribution < -0.4 is 5.73 Å². The number of nitrogens with zero attached hydrogens (tertiary/aromatic N) is 2. The average Bonchev–Trinajstić information content (AvgIpc) is 2.44. The maximum absolute atomic E-state index is 5.56. The molecule has 0 unspecified atom stereocenters. The third-order valence-corrected chi connectivity index (χ3v) is 2.85. The van der Waals surface area contributed by atoms with Gasteiger partial charge in [0.25, 0.3) is 0 Å². The monoisotopic (exact) mass is 253 g/mol. The minimum Gasteiger partial charge on any atom is -0.330 e. The lowest BCUT2D eigenvalue weighted by molar-refractivity contribution is 0.958. The molecular formula is C10H12BrN3. The third-order valence-electron chi connectivity index (χ3n) is 2.30. The fraction of sp³-hybridized carbons (Fsp3) is 0.300. The van der Waals surface area contributed by atoms with Crippen LogP contribution >= 0.6 is 15.9 Å². The van der Waals surface area contributed by atoms with Crippen LogP contribution in [0.3, 0.4) is 0 Å². The molecule has 0 aliphatic carbocycles. The van der Waals surface area contributed by atoms with Crippen molar-refractivity contribution < 1.29 is 0 Å². The number of halogens is 1. The second-order valence-corrected chi connectivity index (χ2v) is 3.99. The number of hydrogen-bond donors (Lipinski definition) is 1. The smallest absolute Gasteiger partial charge is 0.132 e. The summed E-state index contributed by atoms with van der Waals surface area (Å²) in [6, 6.07) is 4.12. The summed E-state index contributed by atoms with van der Waals surface area (Å²) in [7, 11) is 0. The van der Waals surface area contributed by atoms with Gasteiger partial charge in [0, 0.05) is 6.20 Å². The Balaban J connectivity index is 2.72. The first-order valence-electron chi connectivity index (χ1n) is 4.56. The first kappa shape index (κ1) is 9.68. The normalized spacial score (nSPS) is 11.1. The van der Waals surface area contributed by atoms with Crippen LogP contribution in [0.5, 0.6) is 0 Å². The molecule has 2 aromatic heterocycles. The zero-order chi connectivity index (χ0) is 10.1. The zero-order valence-corrected chi connectivity index (χ0v) is 9.58. The van der Waals surface area contributed by atoms with Gasteiger partial charge in [-0.3, -0.25) is 0 Å². The SMILES string of the molecule is Cc1nc(Br)c2c(CCN)cccn12. The highest BCUT2D eigenvalue weighted by atomic mass is 79.9. The molecule has 0 amide bonds. The molecule has 3 nitrogen and oxygen atoms in total. The summed E-state index contributed by atoms with van der Waals surface area (Å²) in [5.74, 6) is 0.991. The first-order chi connectivity index (χ1) is 6.74. The van der Waals surface area contributed by atoms with Gasteiger partial charge in [-0.05, 0) is 47.4 Å². The van der Waals surface area contributed by atoms with Gasteiger partial charge in [-0.1, -0.05) is 6.07 Å². The van der Waals surface area contributed by atoms with Crippen molar-refractivity contribution in [1.29, 1.82) is 0 Å². The lowest BCUT2D eigenvalue weighted by Crippen LogP contribution is -2.04. The molecule has 2 rings (SSSR count). The van der Waals surface area contributed by atoms with Crippen molar-refractivity contribution in [2.75, 3.05) is 6.54 Å². The molecule has 2 heterocycles. The average molecular weight is 254 g/mol. The van der Waals surface area contributed by atoms with Crippen molar-refractivity contribution in [3.63, 3.8) is 0 Å². The highest BCUT2D eigenvalue weighted by molar-refractivity contribution is 9.10. The second kappa shape index (κ2) is 3.71. The fourth-order valence-corrected chi connectivity index (χ4v) is 2.36. The van der Waals surface area contributed by atoms with Gasteiger partial charge in [-0.25, -0.2) is 4.98 Å². The van der Waals surface area contributed by atoms with Crippen LogP contribution in [0, 0.1) is 6.92 Å². The van der Waals surface area contributed by atoms with E-state index in [2.05, 4.69) is 31.4 Å². The van der Waals surface area contributed by atoms with Crippen molar-refractivity contribution in [1.82, 2.24) is 9.38 Å². The lowest BCUT2D eigenvalue weighted by Gasteiger charge is -2.03. The summed E-state index contributed by atoms with van der Waals surface area (Å²) in [4.78, 5) is 4.37. The molecule has 0 radical (unpaired) electrons. The topological polar surface area (TPSA) is 43.3 Å². The maximum atomic E-state index is 5.56. The van der Waals surface area contributed by atoms with Gasteiger partial charge in [-0.15, -0.1) is 0 Å². The van der Waals surface area contributed by atoms with E-state index in [0.29, 0.717) is 6.54 Å². The van der Waals surface area contributed by atoms with E-state index in [1.807, 2.05) is 19.2 Å². The van der Waals surface area contributed by atoms with Crippen molar-refractivity contribution >= 4 is 21.4 Å². The lowest BCUT2D eigenvalue weighted by atomic mass is 10.2. The van der Waals surface area contributed by atoms with Crippen LogP contribution in [-0.2, 0) is 6.42 Å². The summed E-state index contributed by atoms with van der Waals surface area (Å²) in [6.45, 7) is 2.65. The van der Waals surface area contributed by atoms with Gasteiger partial charge >= 0.3 is 0 Å². The number of pyridine rings is 1. The Bertz CT molecular complexity index is 462. The minimum absolute atomic E-state index is 0.663. The van der Waals surface area contributed by atoms with Crippen LogP contribution in [0.15, 0.2) is 22.9 Å². The van der Waals surface area contributed by atoms with E-state index in [9.17, 15) is 0 Å². The number of rotatable bonds is 2. The minimum atomic E-state index is 0.663. The van der Waals surface area contributed by atoms with Gasteiger partial charge in [-0.2, -0.15) is 0 Å². The van der Waals surface area contributed by atoms with Crippen molar-refractivity contribution in [2.45, 2.75) is 13.3 Å². The van der Waals surface area contributed by atoms with Gasteiger partial charge < -0.3 is 10.1 Å². The Morgan fingerprint density at radius 2 is 2.36 bits per heavy atom. The Kier molecular flexibility index (Phi) is 2.56. The number of aromatic nitrogens is 2. The van der Waals surface area contributed by atoms with E-state index in [0.717, 1.165) is 22.4 Å². The van der Waals surface area contributed by atoms with Gasteiger partial charge in [0.1, 0.15) is 10.4 Å². The van der Waals surface area contributed by atoms with Gasteiger partial charge in [0.2, 0.25) is 0 Å². The van der Waals surface area contributed by atoms with Crippen molar-refractivity contribution in [3.05, 3.63) is 34.3 Å². The van der Waals surface area contributed by atoms with E-state index in [4.69, 9.17) is 5.73 Å². The summed E-state index contributed by atoms with van der Waals surface area (Å²) in [6.07, 6.45) is 2.90. The Hall–Kier alpha value is -0.870. The van der Waals surface area contributed by atoms with Crippen LogP contribution in [0.4, 0.5) is 0 Å². The number of hydrogen-bond acceptors (Lipinski definition) is 2. The number of nitrogens with two attached hydrogens (primary N) is 1. The van der Waals surface area contributed by atoms with E-state index in [1.165, 1.54) is 5.56 Å². The third kappa shape index (κ3) is 1.44. The molecule has 0 aromatic carbocycles. The maximum Gasteiger partial charge on any atom is 0.132 e. The summed E-state index contributed by atoms with van der Waals surface area (Å²) < 4.78 is 2.98. The van der Waals surface area contributed by atoms with Crippen LogP contribution in [0.2, 0.25) is 0 Å². The molecule has 0 saturated carbocycles. The van der Waals surface area contributed by atoms with Gasteiger partial charge in [0.05, 0.1) is 5.52 Å². The highest BCUT2D eigenvalue weighted by Gasteiger charge is 2.08. The Morgan fingerprint density at radius 3 is 3.07 bits per heavy atom. The van der Waals surface area contributed by atoms with Gasteiger partial charge in [0.15, 0.2) is 0 Å². The number of fused-ring (bicyclic) bond motifs is 1. The molecule has 0 bridgehead atoms. The molecule has 74 valence electrons. The molecule has 2 N–H and O–H groups in total.